The molecule has 0 aromatic heterocycles. The van der Waals surface area contributed by atoms with E-state index in [1.807, 2.05) is 19.0 Å². The van der Waals surface area contributed by atoms with Crippen LogP contribution in [-0.2, 0) is 28.6 Å². The van der Waals surface area contributed by atoms with Crippen molar-refractivity contribution in [1.82, 2.24) is 10.2 Å². The summed E-state index contributed by atoms with van der Waals surface area (Å²) in [4.78, 5) is 24.4. The van der Waals surface area contributed by atoms with Crippen molar-refractivity contribution in [3.05, 3.63) is 0 Å². The van der Waals surface area contributed by atoms with E-state index in [-0.39, 0.29) is 37.8 Å². The molecule has 9 nitrogen and oxygen atoms in total. The maximum absolute atomic E-state index is 11.8. The molecule has 0 aromatic carbocycles. The Morgan fingerprint density at radius 3 is 2.40 bits per heavy atom. The summed E-state index contributed by atoms with van der Waals surface area (Å²) in [6.07, 6.45) is -1.30. The van der Waals surface area contributed by atoms with Gasteiger partial charge in [0.2, 0.25) is 5.91 Å². The standard InChI is InChI=1S/C15H30N2O7S/c1-12(18)16-7-6-10-25(21,22)24-11-15(2,3)13(19)14(20)23-9-8-17(4)5/h13,19H,6-11H2,1-5H3,(H,16,18)/t13-/m0/s1. The summed E-state index contributed by atoms with van der Waals surface area (Å²) in [6.45, 7) is 4.86. The van der Waals surface area contributed by atoms with E-state index in [1.54, 1.807) is 0 Å². The molecule has 0 radical (unpaired) electrons. The molecule has 1 amide bonds. The molecule has 25 heavy (non-hydrogen) atoms. The summed E-state index contributed by atoms with van der Waals surface area (Å²) in [5.41, 5.74) is -1.14. The molecule has 0 aromatic rings. The van der Waals surface area contributed by atoms with Crippen molar-refractivity contribution < 1.29 is 32.0 Å². The Labute approximate surface area is 149 Å². The molecular weight excluding hydrogens is 352 g/mol. The molecule has 0 aliphatic carbocycles. The van der Waals surface area contributed by atoms with Crippen molar-refractivity contribution in [3.63, 3.8) is 0 Å². The zero-order valence-corrected chi connectivity index (χ0v) is 16.4. The quantitative estimate of drug-likeness (QED) is 0.259. The van der Waals surface area contributed by atoms with Crippen LogP contribution in [0.25, 0.3) is 0 Å². The van der Waals surface area contributed by atoms with E-state index in [0.717, 1.165) is 0 Å². The highest BCUT2D eigenvalue weighted by Crippen LogP contribution is 2.23. The van der Waals surface area contributed by atoms with Crippen molar-refractivity contribution in [3.8, 4) is 0 Å². The number of aliphatic hydroxyl groups excluding tert-OH is 1. The molecule has 0 aliphatic heterocycles. The lowest BCUT2D eigenvalue weighted by atomic mass is 9.88. The second kappa shape index (κ2) is 10.7. The van der Waals surface area contributed by atoms with Gasteiger partial charge in [-0.25, -0.2) is 4.79 Å². The van der Waals surface area contributed by atoms with Gasteiger partial charge < -0.3 is 20.1 Å². The van der Waals surface area contributed by atoms with Crippen LogP contribution in [0.2, 0.25) is 0 Å². The first-order chi connectivity index (χ1) is 11.4. The van der Waals surface area contributed by atoms with Crippen LogP contribution in [0, 0.1) is 5.41 Å². The highest BCUT2D eigenvalue weighted by Gasteiger charge is 2.36. The van der Waals surface area contributed by atoms with Gasteiger partial charge in [0.25, 0.3) is 10.1 Å². The number of aliphatic hydroxyl groups is 1. The molecule has 0 aliphatic rings. The molecule has 0 saturated carbocycles. The zero-order chi connectivity index (χ0) is 19.7. The molecule has 0 rings (SSSR count). The maximum atomic E-state index is 11.8. The molecule has 2 N–H and O–H groups in total. The van der Waals surface area contributed by atoms with E-state index >= 15 is 0 Å². The number of nitrogens with one attached hydrogen (secondary N) is 1. The van der Waals surface area contributed by atoms with Crippen LogP contribution in [0.3, 0.4) is 0 Å². The number of likely N-dealkylation sites (N-methyl/N-ethyl adjacent to an activating group) is 1. The van der Waals surface area contributed by atoms with Crippen molar-refractivity contribution in [1.29, 1.82) is 0 Å². The number of hydrogen-bond donors (Lipinski definition) is 2. The van der Waals surface area contributed by atoms with Crippen molar-refractivity contribution in [2.24, 2.45) is 5.41 Å². The Bertz CT molecular complexity index is 532. The van der Waals surface area contributed by atoms with Crippen LogP contribution in [0.4, 0.5) is 0 Å². The molecule has 0 heterocycles. The second-order valence-corrected chi connectivity index (χ2v) is 8.48. The molecule has 0 unspecified atom stereocenters. The Morgan fingerprint density at radius 1 is 1.28 bits per heavy atom. The van der Waals surface area contributed by atoms with Gasteiger partial charge >= 0.3 is 5.97 Å². The Morgan fingerprint density at radius 2 is 1.88 bits per heavy atom. The summed E-state index contributed by atoms with van der Waals surface area (Å²) < 4.78 is 33.5. The first-order valence-electron chi connectivity index (χ1n) is 7.98. The Kier molecular flexibility index (Phi) is 10.2. The minimum atomic E-state index is -3.82. The monoisotopic (exact) mass is 382 g/mol. The molecule has 0 fully saturated rings. The molecule has 0 saturated heterocycles. The van der Waals surface area contributed by atoms with Crippen LogP contribution >= 0.6 is 0 Å². The fourth-order valence-corrected chi connectivity index (χ4v) is 2.72. The number of hydrogen-bond acceptors (Lipinski definition) is 8. The third-order valence-corrected chi connectivity index (χ3v) is 4.57. The smallest absolute Gasteiger partial charge is 0.335 e. The molecule has 0 spiro atoms. The molecule has 1 atom stereocenters. The van der Waals surface area contributed by atoms with Gasteiger partial charge in [0.05, 0.1) is 12.4 Å². The van der Waals surface area contributed by atoms with Crippen molar-refractivity contribution in [2.75, 3.05) is 46.2 Å². The lowest BCUT2D eigenvalue weighted by Gasteiger charge is -2.28. The maximum Gasteiger partial charge on any atom is 0.335 e. The summed E-state index contributed by atoms with van der Waals surface area (Å²) in [5.74, 6) is -1.33. The van der Waals surface area contributed by atoms with Crippen molar-refractivity contribution in [2.45, 2.75) is 33.3 Å². The average molecular weight is 382 g/mol. The van der Waals surface area contributed by atoms with Gasteiger partial charge in [0, 0.05) is 25.4 Å². The normalized spacial score (nSPS) is 13.6. The first-order valence-corrected chi connectivity index (χ1v) is 9.56. The third-order valence-electron chi connectivity index (χ3n) is 3.30. The Hall–Kier alpha value is -1.23. The average Bonchev–Trinajstić information content (AvgIpc) is 2.48. The number of carbonyl (C=O) groups is 2. The number of ether oxygens (including phenoxy) is 1. The molecular formula is C15H30N2O7S. The predicted octanol–water partition coefficient (Wildman–Crippen LogP) is -0.649. The molecule has 148 valence electrons. The van der Waals surface area contributed by atoms with Crippen LogP contribution in [0.5, 0.6) is 0 Å². The van der Waals surface area contributed by atoms with E-state index < -0.39 is 27.6 Å². The zero-order valence-electron chi connectivity index (χ0n) is 15.6. The summed E-state index contributed by atoms with van der Waals surface area (Å²) in [5, 5.41) is 12.6. The number of nitrogens with zero attached hydrogens (tertiary/aromatic N) is 1. The van der Waals surface area contributed by atoms with Gasteiger partial charge in [-0.05, 0) is 20.5 Å². The van der Waals surface area contributed by atoms with E-state index in [2.05, 4.69) is 5.32 Å². The van der Waals surface area contributed by atoms with E-state index in [9.17, 15) is 23.1 Å². The minimum absolute atomic E-state index is 0.126. The first kappa shape index (κ1) is 23.8. The van der Waals surface area contributed by atoms with E-state index in [4.69, 9.17) is 8.92 Å². The number of rotatable bonds is 12. The number of esters is 1. The fraction of sp³-hybridized carbons (Fsp3) is 0.867. The fourth-order valence-electron chi connectivity index (χ4n) is 1.62. The largest absolute Gasteiger partial charge is 0.462 e. The van der Waals surface area contributed by atoms with Crippen LogP contribution in [-0.4, -0.2) is 82.6 Å². The Balaban J connectivity index is 4.39. The summed E-state index contributed by atoms with van der Waals surface area (Å²) in [6, 6.07) is 0. The highest BCUT2D eigenvalue weighted by atomic mass is 32.2. The lowest BCUT2D eigenvalue weighted by Crippen LogP contribution is -2.42. The number of carbonyl (C=O) groups excluding carboxylic acids is 2. The summed E-state index contributed by atoms with van der Waals surface area (Å²) in [7, 11) is -0.185. The van der Waals surface area contributed by atoms with Gasteiger partial charge in [0.1, 0.15) is 6.61 Å². The van der Waals surface area contributed by atoms with Crippen LogP contribution in [0.15, 0.2) is 0 Å². The minimum Gasteiger partial charge on any atom is -0.462 e. The SMILES string of the molecule is CC(=O)NCCCS(=O)(=O)OCC(C)(C)[C@@H](O)C(=O)OCCN(C)C. The van der Waals surface area contributed by atoms with Gasteiger partial charge in [-0.3, -0.25) is 8.98 Å². The van der Waals surface area contributed by atoms with E-state index in [1.165, 1.54) is 20.8 Å². The van der Waals surface area contributed by atoms with Crippen LogP contribution in [0.1, 0.15) is 27.2 Å². The second-order valence-electron chi connectivity index (χ2n) is 6.72. The topological polar surface area (TPSA) is 122 Å². The van der Waals surface area contributed by atoms with Crippen molar-refractivity contribution >= 4 is 22.0 Å². The van der Waals surface area contributed by atoms with Gasteiger partial charge in [-0.2, -0.15) is 8.42 Å². The van der Waals surface area contributed by atoms with E-state index in [0.29, 0.717) is 6.54 Å². The van der Waals surface area contributed by atoms with Gasteiger partial charge in [0.15, 0.2) is 6.10 Å². The summed E-state index contributed by atoms with van der Waals surface area (Å²) >= 11 is 0. The third kappa shape index (κ3) is 11.1. The lowest BCUT2D eigenvalue weighted by molar-refractivity contribution is -0.161. The number of amides is 1. The van der Waals surface area contributed by atoms with Gasteiger partial charge in [-0.1, -0.05) is 13.8 Å². The molecule has 0 bridgehead atoms. The highest BCUT2D eigenvalue weighted by molar-refractivity contribution is 7.86. The van der Waals surface area contributed by atoms with Crippen LogP contribution < -0.4 is 5.32 Å². The predicted molar refractivity (Wildman–Crippen MR) is 92.3 cm³/mol. The van der Waals surface area contributed by atoms with Gasteiger partial charge in [-0.15, -0.1) is 0 Å². The molecule has 10 heteroatoms.